The molecule has 0 saturated heterocycles. The number of aryl methyl sites for hydroxylation is 1. The molecule has 192 valence electrons. The molecule has 4 aromatic rings. The number of nitrogens with zero attached hydrogens (tertiary/aromatic N) is 1. The van der Waals surface area contributed by atoms with Crippen molar-refractivity contribution in [3.05, 3.63) is 114 Å². The third-order valence-corrected chi connectivity index (χ3v) is 5.16. The maximum atomic E-state index is 13.3. The highest BCUT2D eigenvalue weighted by molar-refractivity contribution is 5.99. The Labute approximate surface area is 218 Å². The molecular weight excluding hydrogens is 489 g/mol. The normalized spacial score (nSPS) is 10.3. The Balaban J connectivity index is 1.28. The number of nitrogens with one attached hydrogen (secondary N) is 4. The molecule has 4 rings (SSSR count). The first-order valence-electron chi connectivity index (χ1n) is 11.6. The molecule has 0 spiro atoms. The van der Waals surface area contributed by atoms with E-state index in [1.165, 1.54) is 30.5 Å². The molecule has 0 unspecified atom stereocenters. The summed E-state index contributed by atoms with van der Waals surface area (Å²) < 4.78 is 19.0. The van der Waals surface area contributed by atoms with Crippen LogP contribution >= 0.6 is 0 Å². The van der Waals surface area contributed by atoms with Gasteiger partial charge in [-0.2, -0.15) is 0 Å². The Morgan fingerprint density at radius 3 is 2.34 bits per heavy atom. The molecule has 0 saturated carbocycles. The minimum absolute atomic E-state index is 0.0136. The van der Waals surface area contributed by atoms with E-state index in [2.05, 4.69) is 26.5 Å². The van der Waals surface area contributed by atoms with E-state index in [-0.39, 0.29) is 18.1 Å². The number of hydrazine groups is 1. The lowest BCUT2D eigenvalue weighted by molar-refractivity contribution is -0.121. The van der Waals surface area contributed by atoms with Crippen molar-refractivity contribution in [2.75, 3.05) is 10.6 Å². The van der Waals surface area contributed by atoms with Gasteiger partial charge in [0.15, 0.2) is 0 Å². The summed E-state index contributed by atoms with van der Waals surface area (Å²) in [5.74, 6) is -0.806. The number of hydrogen-bond donors (Lipinski definition) is 4. The fraction of sp³-hybridized carbons (Fsp3) is 0.0714. The third-order valence-electron chi connectivity index (χ3n) is 5.16. The van der Waals surface area contributed by atoms with Crippen LogP contribution in [-0.2, 0) is 11.2 Å². The first-order chi connectivity index (χ1) is 18.3. The van der Waals surface area contributed by atoms with Crippen molar-refractivity contribution in [3.63, 3.8) is 0 Å². The highest BCUT2D eigenvalue weighted by Gasteiger charge is 2.11. The SMILES string of the molecule is Cc1cccc(NC(=O)Nc2ccc(Oc3ccnc(C(=O)NNC(=O)Cc4cccc(F)c4)c3)cc2)c1. The van der Waals surface area contributed by atoms with Crippen molar-refractivity contribution in [1.29, 1.82) is 0 Å². The van der Waals surface area contributed by atoms with Crippen LogP contribution in [-0.4, -0.2) is 22.8 Å². The summed E-state index contributed by atoms with van der Waals surface area (Å²) >= 11 is 0. The van der Waals surface area contributed by atoms with Crippen LogP contribution in [0.4, 0.5) is 20.6 Å². The Morgan fingerprint density at radius 1 is 0.816 bits per heavy atom. The number of anilines is 2. The zero-order chi connectivity index (χ0) is 26.9. The van der Waals surface area contributed by atoms with Gasteiger partial charge in [0, 0.05) is 23.6 Å². The molecule has 0 aliphatic heterocycles. The maximum absolute atomic E-state index is 13.3. The Morgan fingerprint density at radius 2 is 1.58 bits per heavy atom. The molecule has 9 nitrogen and oxygen atoms in total. The zero-order valence-electron chi connectivity index (χ0n) is 20.3. The number of urea groups is 1. The van der Waals surface area contributed by atoms with Crippen molar-refractivity contribution in [3.8, 4) is 11.5 Å². The van der Waals surface area contributed by atoms with Gasteiger partial charge in [0.25, 0.3) is 5.91 Å². The average molecular weight is 514 g/mol. The van der Waals surface area contributed by atoms with Gasteiger partial charge in [-0.05, 0) is 72.6 Å². The van der Waals surface area contributed by atoms with Crippen molar-refractivity contribution < 1.29 is 23.5 Å². The Hall–Kier alpha value is -5.25. The van der Waals surface area contributed by atoms with Gasteiger partial charge in [-0.15, -0.1) is 0 Å². The van der Waals surface area contributed by atoms with Crippen molar-refractivity contribution in [1.82, 2.24) is 15.8 Å². The second kappa shape index (κ2) is 12.1. The summed E-state index contributed by atoms with van der Waals surface area (Å²) in [6, 6.07) is 22.4. The molecule has 4 N–H and O–H groups in total. The van der Waals surface area contributed by atoms with Gasteiger partial charge < -0.3 is 15.4 Å². The number of benzene rings is 3. The Kier molecular flexibility index (Phi) is 8.25. The highest BCUT2D eigenvalue weighted by atomic mass is 19.1. The second-order valence-electron chi connectivity index (χ2n) is 8.26. The molecular formula is C28H24FN5O4. The monoisotopic (exact) mass is 513 g/mol. The number of rotatable bonds is 7. The van der Waals surface area contributed by atoms with Gasteiger partial charge in [-0.25, -0.2) is 9.18 Å². The van der Waals surface area contributed by atoms with Crippen molar-refractivity contribution in [2.24, 2.45) is 0 Å². The van der Waals surface area contributed by atoms with E-state index in [1.807, 2.05) is 25.1 Å². The van der Waals surface area contributed by atoms with Crippen LogP contribution in [0.3, 0.4) is 0 Å². The summed E-state index contributed by atoms with van der Waals surface area (Å²) in [4.78, 5) is 40.7. The number of ether oxygens (including phenoxy) is 1. The molecule has 4 amide bonds. The fourth-order valence-corrected chi connectivity index (χ4v) is 3.42. The van der Waals surface area contributed by atoms with Gasteiger partial charge in [0.2, 0.25) is 5.91 Å². The number of aromatic nitrogens is 1. The molecule has 3 aromatic carbocycles. The topological polar surface area (TPSA) is 121 Å². The van der Waals surface area contributed by atoms with Crippen molar-refractivity contribution in [2.45, 2.75) is 13.3 Å². The first kappa shape index (κ1) is 25.8. The molecule has 0 atom stereocenters. The number of pyridine rings is 1. The predicted octanol–water partition coefficient (Wildman–Crippen LogP) is 4.97. The van der Waals surface area contributed by atoms with Crippen LogP contribution in [0.15, 0.2) is 91.1 Å². The van der Waals surface area contributed by atoms with E-state index in [0.29, 0.717) is 28.4 Å². The molecule has 0 aliphatic carbocycles. The van der Waals surface area contributed by atoms with Gasteiger partial charge in [-0.1, -0.05) is 24.3 Å². The van der Waals surface area contributed by atoms with Crippen LogP contribution in [0.5, 0.6) is 11.5 Å². The standard InChI is InChI=1S/C28H24FN5O4/c1-18-4-2-7-22(14-18)32-28(37)31-21-8-10-23(11-9-21)38-24-12-13-30-25(17-24)27(36)34-33-26(35)16-19-5-3-6-20(29)15-19/h2-15,17H,16H2,1H3,(H,33,35)(H,34,36)(H2,31,32,37). The molecule has 10 heteroatoms. The van der Waals surface area contributed by atoms with E-state index in [9.17, 15) is 18.8 Å². The van der Waals surface area contributed by atoms with Crippen LogP contribution < -0.4 is 26.2 Å². The van der Waals surface area contributed by atoms with Crippen LogP contribution in [0.1, 0.15) is 21.6 Å². The third kappa shape index (κ3) is 7.62. The van der Waals surface area contributed by atoms with E-state index >= 15 is 0 Å². The lowest BCUT2D eigenvalue weighted by atomic mass is 10.1. The van der Waals surface area contributed by atoms with Gasteiger partial charge >= 0.3 is 6.03 Å². The molecule has 38 heavy (non-hydrogen) atoms. The summed E-state index contributed by atoms with van der Waals surface area (Å²) in [6.07, 6.45) is 1.29. The number of carbonyl (C=O) groups excluding carboxylic acids is 3. The molecule has 1 aromatic heterocycles. The van der Waals surface area contributed by atoms with Gasteiger partial charge in [-0.3, -0.25) is 25.4 Å². The minimum atomic E-state index is -0.651. The quantitative estimate of drug-likeness (QED) is 0.260. The number of amides is 4. The summed E-state index contributed by atoms with van der Waals surface area (Å²) in [7, 11) is 0. The van der Waals surface area contributed by atoms with E-state index in [4.69, 9.17) is 4.74 Å². The lowest BCUT2D eigenvalue weighted by Gasteiger charge is -2.10. The molecule has 0 bridgehead atoms. The summed E-state index contributed by atoms with van der Waals surface area (Å²) in [5.41, 5.74) is 7.32. The van der Waals surface area contributed by atoms with Crippen LogP contribution in [0, 0.1) is 12.7 Å². The first-order valence-corrected chi connectivity index (χ1v) is 11.6. The van der Waals surface area contributed by atoms with Crippen LogP contribution in [0.25, 0.3) is 0 Å². The maximum Gasteiger partial charge on any atom is 0.323 e. The highest BCUT2D eigenvalue weighted by Crippen LogP contribution is 2.23. The van der Waals surface area contributed by atoms with Gasteiger partial charge in [0.05, 0.1) is 6.42 Å². The van der Waals surface area contributed by atoms with Gasteiger partial charge in [0.1, 0.15) is 23.0 Å². The lowest BCUT2D eigenvalue weighted by Crippen LogP contribution is -2.42. The smallest absolute Gasteiger partial charge is 0.323 e. The number of halogens is 1. The second-order valence-corrected chi connectivity index (χ2v) is 8.26. The van der Waals surface area contributed by atoms with Crippen molar-refractivity contribution >= 4 is 29.2 Å². The molecule has 0 fully saturated rings. The molecule has 1 heterocycles. The average Bonchev–Trinajstić information content (AvgIpc) is 2.88. The van der Waals surface area contributed by atoms with Crippen LogP contribution in [0.2, 0.25) is 0 Å². The Bertz CT molecular complexity index is 1460. The molecule has 0 radical (unpaired) electrons. The zero-order valence-corrected chi connectivity index (χ0v) is 20.3. The summed E-state index contributed by atoms with van der Waals surface area (Å²) in [5, 5.41) is 5.51. The minimum Gasteiger partial charge on any atom is -0.457 e. The molecule has 0 aliphatic rings. The predicted molar refractivity (Wildman–Crippen MR) is 140 cm³/mol. The van der Waals surface area contributed by atoms with E-state index < -0.39 is 17.6 Å². The van der Waals surface area contributed by atoms with E-state index in [0.717, 1.165) is 5.56 Å². The number of hydrogen-bond acceptors (Lipinski definition) is 5. The van der Waals surface area contributed by atoms with E-state index in [1.54, 1.807) is 42.5 Å². The largest absolute Gasteiger partial charge is 0.457 e. The summed E-state index contributed by atoms with van der Waals surface area (Å²) in [6.45, 7) is 1.94. The fourth-order valence-electron chi connectivity index (χ4n) is 3.42. The number of carbonyl (C=O) groups is 3.